The summed E-state index contributed by atoms with van der Waals surface area (Å²) in [4.78, 5) is 37.7. The molecule has 0 saturated heterocycles. The highest BCUT2D eigenvalue weighted by Crippen LogP contribution is 2.46. The Hall–Kier alpha value is -3.15. The van der Waals surface area contributed by atoms with Crippen LogP contribution >= 0.6 is 0 Å². The van der Waals surface area contributed by atoms with E-state index in [0.717, 1.165) is 16.8 Å². The molecule has 0 radical (unpaired) electrons. The molecular formula is C21H22N2O4. The topological polar surface area (TPSA) is 86.7 Å². The highest BCUT2D eigenvalue weighted by Gasteiger charge is 2.49. The summed E-state index contributed by atoms with van der Waals surface area (Å²) in [7, 11) is 1.75. The Morgan fingerprint density at radius 2 is 1.74 bits per heavy atom. The molecule has 1 aliphatic rings. The molecule has 2 aromatic carbocycles. The third-order valence-corrected chi connectivity index (χ3v) is 5.06. The van der Waals surface area contributed by atoms with Crippen molar-refractivity contribution in [3.05, 3.63) is 65.7 Å². The first kappa shape index (κ1) is 18.6. The van der Waals surface area contributed by atoms with E-state index in [-0.39, 0.29) is 18.2 Å². The highest BCUT2D eigenvalue weighted by molar-refractivity contribution is 6.08. The van der Waals surface area contributed by atoms with Crippen LogP contribution in [0.3, 0.4) is 0 Å². The molecule has 6 nitrogen and oxygen atoms in total. The number of nitrogens with one attached hydrogen (secondary N) is 1. The normalized spacial score (nSPS) is 18.3. The van der Waals surface area contributed by atoms with Crippen molar-refractivity contribution < 1.29 is 19.5 Å². The van der Waals surface area contributed by atoms with E-state index in [9.17, 15) is 14.4 Å². The Kier molecular flexibility index (Phi) is 5.26. The molecule has 0 saturated carbocycles. The molecule has 1 atom stereocenters. The first-order chi connectivity index (χ1) is 12.9. The smallest absolute Gasteiger partial charge is 0.322 e. The lowest BCUT2D eigenvalue weighted by molar-refractivity contribution is -0.138. The van der Waals surface area contributed by atoms with Crippen molar-refractivity contribution in [2.75, 3.05) is 18.5 Å². The molecule has 0 bridgehead atoms. The summed E-state index contributed by atoms with van der Waals surface area (Å²) >= 11 is 0. The molecule has 3 rings (SSSR count). The number of nitrogens with zero attached hydrogens (tertiary/aromatic N) is 1. The third-order valence-electron chi connectivity index (χ3n) is 5.06. The van der Waals surface area contributed by atoms with E-state index in [1.165, 1.54) is 0 Å². The summed E-state index contributed by atoms with van der Waals surface area (Å²) in [6.07, 6.45) is 0.877. The van der Waals surface area contributed by atoms with Gasteiger partial charge in [-0.05, 0) is 30.0 Å². The van der Waals surface area contributed by atoms with E-state index in [4.69, 9.17) is 5.11 Å². The maximum absolute atomic E-state index is 13.3. The number of para-hydroxylation sites is 1. The second kappa shape index (κ2) is 7.61. The van der Waals surface area contributed by atoms with Gasteiger partial charge in [0, 0.05) is 19.2 Å². The first-order valence-electron chi connectivity index (χ1n) is 8.84. The van der Waals surface area contributed by atoms with Crippen molar-refractivity contribution in [2.24, 2.45) is 0 Å². The van der Waals surface area contributed by atoms with E-state index in [1.807, 2.05) is 54.6 Å². The Morgan fingerprint density at radius 1 is 1.07 bits per heavy atom. The molecule has 0 unspecified atom stereocenters. The predicted octanol–water partition coefficient (Wildman–Crippen LogP) is 2.12. The van der Waals surface area contributed by atoms with Gasteiger partial charge < -0.3 is 15.3 Å². The zero-order chi connectivity index (χ0) is 19.4. The molecule has 2 aromatic rings. The number of carboxylic acid groups (broad SMARTS) is 1. The van der Waals surface area contributed by atoms with Gasteiger partial charge in [-0.25, -0.2) is 0 Å². The average Bonchev–Trinajstić information content (AvgIpc) is 2.88. The number of benzene rings is 2. The summed E-state index contributed by atoms with van der Waals surface area (Å²) in [5, 5.41) is 11.1. The van der Waals surface area contributed by atoms with Crippen molar-refractivity contribution in [3.63, 3.8) is 0 Å². The quantitative estimate of drug-likeness (QED) is 0.786. The fraction of sp³-hybridized carbons (Fsp3) is 0.286. The summed E-state index contributed by atoms with van der Waals surface area (Å²) < 4.78 is 0. The molecule has 0 fully saturated rings. The molecule has 0 spiro atoms. The van der Waals surface area contributed by atoms with Crippen LogP contribution in [0.25, 0.3) is 0 Å². The number of hydrogen-bond donors (Lipinski definition) is 2. The minimum Gasteiger partial charge on any atom is -0.480 e. The fourth-order valence-corrected chi connectivity index (χ4v) is 3.75. The lowest BCUT2D eigenvalue weighted by Gasteiger charge is -2.28. The Balaban J connectivity index is 1.92. The zero-order valence-corrected chi connectivity index (χ0v) is 15.1. The molecule has 140 valence electrons. The number of hydrogen-bond acceptors (Lipinski definition) is 3. The highest BCUT2D eigenvalue weighted by atomic mass is 16.4. The molecule has 27 heavy (non-hydrogen) atoms. The summed E-state index contributed by atoms with van der Waals surface area (Å²) in [5.41, 5.74) is 1.94. The van der Waals surface area contributed by atoms with Crippen LogP contribution in [0.2, 0.25) is 0 Å². The number of likely N-dealkylation sites (N-methyl/N-ethyl adjacent to an activating group) is 1. The number of rotatable bonds is 7. The molecule has 1 aliphatic heterocycles. The van der Waals surface area contributed by atoms with E-state index < -0.39 is 17.9 Å². The third kappa shape index (κ3) is 3.69. The van der Waals surface area contributed by atoms with Crippen molar-refractivity contribution in [1.82, 2.24) is 5.32 Å². The van der Waals surface area contributed by atoms with Crippen LogP contribution < -0.4 is 10.2 Å². The predicted molar refractivity (Wildman–Crippen MR) is 102 cm³/mol. The van der Waals surface area contributed by atoms with Gasteiger partial charge in [-0.15, -0.1) is 0 Å². The second-order valence-corrected chi connectivity index (χ2v) is 6.80. The van der Waals surface area contributed by atoms with Crippen LogP contribution in [0, 0.1) is 0 Å². The van der Waals surface area contributed by atoms with Crippen LogP contribution in [-0.4, -0.2) is 36.5 Å². The summed E-state index contributed by atoms with van der Waals surface area (Å²) in [6.45, 7) is -0.422. The maximum Gasteiger partial charge on any atom is 0.322 e. The summed E-state index contributed by atoms with van der Waals surface area (Å²) in [5.74, 6) is -1.51. The van der Waals surface area contributed by atoms with Crippen molar-refractivity contribution in [3.8, 4) is 0 Å². The summed E-state index contributed by atoms with van der Waals surface area (Å²) in [6, 6.07) is 17.4. The minimum absolute atomic E-state index is 0.0430. The van der Waals surface area contributed by atoms with Crippen molar-refractivity contribution in [2.45, 2.75) is 24.7 Å². The molecule has 0 aromatic heterocycles. The van der Waals surface area contributed by atoms with Gasteiger partial charge in [0.15, 0.2) is 0 Å². The fourth-order valence-electron chi connectivity index (χ4n) is 3.75. The van der Waals surface area contributed by atoms with Crippen molar-refractivity contribution in [1.29, 1.82) is 0 Å². The van der Waals surface area contributed by atoms with E-state index in [0.29, 0.717) is 12.8 Å². The SMILES string of the molecule is CN1C(=O)[C@](CCC(=O)NCC(=O)O)(Cc2ccccc2)c2ccccc21. The minimum atomic E-state index is -1.09. The van der Waals surface area contributed by atoms with Gasteiger partial charge in [0.2, 0.25) is 11.8 Å². The van der Waals surface area contributed by atoms with Gasteiger partial charge in [-0.1, -0.05) is 48.5 Å². The van der Waals surface area contributed by atoms with E-state index in [1.54, 1.807) is 11.9 Å². The maximum atomic E-state index is 13.3. The van der Waals surface area contributed by atoms with Gasteiger partial charge in [0.1, 0.15) is 6.54 Å². The molecule has 6 heteroatoms. The Morgan fingerprint density at radius 3 is 2.44 bits per heavy atom. The lowest BCUT2D eigenvalue weighted by Crippen LogP contribution is -2.42. The first-order valence-corrected chi connectivity index (χ1v) is 8.84. The number of aliphatic carboxylic acids is 1. The van der Waals surface area contributed by atoms with Gasteiger partial charge in [0.25, 0.3) is 0 Å². The Bertz CT molecular complexity index is 865. The number of fused-ring (bicyclic) bond motifs is 1. The number of anilines is 1. The van der Waals surface area contributed by atoms with Crippen LogP contribution in [0.4, 0.5) is 5.69 Å². The van der Waals surface area contributed by atoms with Crippen LogP contribution in [0.5, 0.6) is 0 Å². The van der Waals surface area contributed by atoms with Gasteiger partial charge >= 0.3 is 5.97 Å². The standard InChI is InChI=1S/C21H22N2O4/c1-23-17-10-6-5-9-16(17)21(20(23)27,13-15-7-3-2-4-8-15)12-11-18(24)22-14-19(25)26/h2-10H,11-14H2,1H3,(H,22,24)(H,25,26)/t21-/m1/s1. The average molecular weight is 366 g/mol. The monoisotopic (exact) mass is 366 g/mol. The van der Waals surface area contributed by atoms with E-state index in [2.05, 4.69) is 5.32 Å². The molecule has 1 heterocycles. The molecular weight excluding hydrogens is 344 g/mol. The number of carbonyl (C=O) groups is 3. The van der Waals surface area contributed by atoms with Gasteiger partial charge in [-0.3, -0.25) is 14.4 Å². The molecule has 0 aliphatic carbocycles. The van der Waals surface area contributed by atoms with E-state index >= 15 is 0 Å². The second-order valence-electron chi connectivity index (χ2n) is 6.80. The zero-order valence-electron chi connectivity index (χ0n) is 15.1. The largest absolute Gasteiger partial charge is 0.480 e. The molecule has 2 N–H and O–H groups in total. The van der Waals surface area contributed by atoms with Crippen LogP contribution in [-0.2, 0) is 26.2 Å². The number of carbonyl (C=O) groups excluding carboxylic acids is 2. The number of carboxylic acids is 1. The Labute approximate surface area is 157 Å². The van der Waals surface area contributed by atoms with Crippen molar-refractivity contribution >= 4 is 23.5 Å². The van der Waals surface area contributed by atoms with Gasteiger partial charge in [0.05, 0.1) is 5.41 Å². The van der Waals surface area contributed by atoms with Crippen LogP contribution in [0.15, 0.2) is 54.6 Å². The van der Waals surface area contributed by atoms with Crippen LogP contribution in [0.1, 0.15) is 24.0 Å². The van der Waals surface area contributed by atoms with Gasteiger partial charge in [-0.2, -0.15) is 0 Å². The number of amides is 2. The lowest BCUT2D eigenvalue weighted by atomic mass is 9.73. The molecule has 2 amide bonds.